The molecular formula is C24H28F2N2O. The van der Waals surface area contributed by atoms with Gasteiger partial charge in [0.2, 0.25) is 5.91 Å². The Labute approximate surface area is 170 Å². The van der Waals surface area contributed by atoms with E-state index >= 15 is 0 Å². The number of para-hydroxylation sites is 1. The summed E-state index contributed by atoms with van der Waals surface area (Å²) in [6, 6.07) is 9.57. The van der Waals surface area contributed by atoms with Gasteiger partial charge in [-0.1, -0.05) is 45.0 Å². The van der Waals surface area contributed by atoms with Gasteiger partial charge in [0, 0.05) is 42.0 Å². The molecule has 2 N–H and O–H groups in total. The predicted octanol–water partition coefficient (Wildman–Crippen LogP) is 5.69. The van der Waals surface area contributed by atoms with Crippen molar-refractivity contribution in [2.45, 2.75) is 46.0 Å². The van der Waals surface area contributed by atoms with Crippen LogP contribution in [0.4, 0.5) is 8.78 Å². The van der Waals surface area contributed by atoms with E-state index in [0.29, 0.717) is 18.0 Å². The van der Waals surface area contributed by atoms with Crippen molar-refractivity contribution in [3.63, 3.8) is 0 Å². The molecule has 0 aliphatic heterocycles. The number of benzene rings is 2. The van der Waals surface area contributed by atoms with E-state index in [4.69, 9.17) is 0 Å². The molecule has 3 nitrogen and oxygen atoms in total. The number of H-pyrrole nitrogens is 1. The van der Waals surface area contributed by atoms with Gasteiger partial charge in [-0.15, -0.1) is 0 Å². The fourth-order valence-corrected chi connectivity index (χ4v) is 3.75. The summed E-state index contributed by atoms with van der Waals surface area (Å²) in [5, 5.41) is 3.90. The number of carbonyl (C=O) groups is 1. The molecule has 1 heterocycles. The van der Waals surface area contributed by atoms with Crippen LogP contribution >= 0.6 is 0 Å². The zero-order valence-corrected chi connectivity index (χ0v) is 17.2. The number of carbonyl (C=O) groups excluding carboxylic acids is 1. The molecule has 1 amide bonds. The highest BCUT2D eigenvalue weighted by molar-refractivity contribution is 5.88. The first-order chi connectivity index (χ1) is 13.9. The number of fused-ring (bicyclic) bond motifs is 1. The molecular weight excluding hydrogens is 370 g/mol. The summed E-state index contributed by atoms with van der Waals surface area (Å²) in [6.45, 7) is 6.86. The normalized spacial score (nSPS) is 12.5. The second-order valence-electron chi connectivity index (χ2n) is 7.89. The molecule has 0 saturated heterocycles. The quantitative estimate of drug-likeness (QED) is 0.503. The number of hydrogen-bond acceptors (Lipinski definition) is 1. The first kappa shape index (κ1) is 21.0. The van der Waals surface area contributed by atoms with Crippen LogP contribution in [0.25, 0.3) is 10.9 Å². The van der Waals surface area contributed by atoms with E-state index in [9.17, 15) is 13.6 Å². The largest absolute Gasteiger partial charge is 0.361 e. The second-order valence-corrected chi connectivity index (χ2v) is 7.89. The van der Waals surface area contributed by atoms with E-state index in [0.717, 1.165) is 40.9 Å². The number of aryl methyl sites for hydroxylation is 1. The van der Waals surface area contributed by atoms with Crippen molar-refractivity contribution in [1.29, 1.82) is 0 Å². The standard InChI is InChI=1S/C24H28F2N2O/c1-4-16-6-5-7-19-21(14-28-24(16)19)20(13-23(29)27-11-10-15(2)3)18-9-8-17(25)12-22(18)26/h5-9,12,14-15,20,28H,4,10-11,13H2,1-3H3,(H,27,29)/t20-/m0/s1. The zero-order chi connectivity index (χ0) is 21.0. The van der Waals surface area contributed by atoms with Crippen molar-refractivity contribution < 1.29 is 13.6 Å². The van der Waals surface area contributed by atoms with Crippen LogP contribution in [-0.2, 0) is 11.2 Å². The summed E-state index contributed by atoms with van der Waals surface area (Å²) >= 11 is 0. The SMILES string of the molecule is CCc1cccc2c([C@@H](CC(=O)NCCC(C)C)c3ccc(F)cc3F)c[nH]c12. The average Bonchev–Trinajstić information content (AvgIpc) is 3.10. The third kappa shape index (κ3) is 4.84. The fourth-order valence-electron chi connectivity index (χ4n) is 3.75. The third-order valence-electron chi connectivity index (χ3n) is 5.36. The summed E-state index contributed by atoms with van der Waals surface area (Å²) in [4.78, 5) is 15.9. The van der Waals surface area contributed by atoms with Crippen molar-refractivity contribution in [1.82, 2.24) is 10.3 Å². The number of halogens is 2. The number of amides is 1. The molecule has 0 aliphatic rings. The van der Waals surface area contributed by atoms with Crippen LogP contribution < -0.4 is 5.32 Å². The molecule has 0 bridgehead atoms. The Kier molecular flexibility index (Phi) is 6.68. The van der Waals surface area contributed by atoms with Gasteiger partial charge in [0.25, 0.3) is 0 Å². The Morgan fingerprint density at radius 3 is 2.62 bits per heavy atom. The smallest absolute Gasteiger partial charge is 0.220 e. The Bertz CT molecular complexity index is 994. The summed E-state index contributed by atoms with van der Waals surface area (Å²) in [7, 11) is 0. The minimum atomic E-state index is -0.633. The van der Waals surface area contributed by atoms with Crippen molar-refractivity contribution in [3.8, 4) is 0 Å². The molecule has 3 rings (SSSR count). The van der Waals surface area contributed by atoms with Gasteiger partial charge in [-0.3, -0.25) is 4.79 Å². The molecule has 0 spiro atoms. The number of rotatable bonds is 8. The topological polar surface area (TPSA) is 44.9 Å². The third-order valence-corrected chi connectivity index (χ3v) is 5.36. The van der Waals surface area contributed by atoms with Crippen molar-refractivity contribution in [2.24, 2.45) is 5.92 Å². The minimum Gasteiger partial charge on any atom is -0.361 e. The van der Waals surface area contributed by atoms with Gasteiger partial charge < -0.3 is 10.3 Å². The molecule has 0 aliphatic carbocycles. The van der Waals surface area contributed by atoms with Gasteiger partial charge in [0.15, 0.2) is 0 Å². The summed E-state index contributed by atoms with van der Waals surface area (Å²) < 4.78 is 28.1. The Hall–Kier alpha value is -2.69. The Balaban J connectivity index is 1.98. The molecule has 29 heavy (non-hydrogen) atoms. The maximum atomic E-state index is 14.7. The first-order valence-corrected chi connectivity index (χ1v) is 10.2. The van der Waals surface area contributed by atoms with Gasteiger partial charge in [0.05, 0.1) is 0 Å². The van der Waals surface area contributed by atoms with Gasteiger partial charge >= 0.3 is 0 Å². The van der Waals surface area contributed by atoms with Gasteiger partial charge in [-0.2, -0.15) is 0 Å². The van der Waals surface area contributed by atoms with Crippen LogP contribution in [0.5, 0.6) is 0 Å². The molecule has 154 valence electrons. The van der Waals surface area contributed by atoms with Gasteiger partial charge in [0.1, 0.15) is 11.6 Å². The molecule has 0 radical (unpaired) electrons. The summed E-state index contributed by atoms with van der Waals surface area (Å²) in [5.41, 5.74) is 3.33. The molecule has 1 atom stereocenters. The van der Waals surface area contributed by atoms with Crippen LogP contribution in [0.2, 0.25) is 0 Å². The molecule has 0 unspecified atom stereocenters. The van der Waals surface area contributed by atoms with Crippen molar-refractivity contribution in [3.05, 3.63) is 70.9 Å². The van der Waals surface area contributed by atoms with Crippen molar-refractivity contribution in [2.75, 3.05) is 6.54 Å². The molecule has 0 fully saturated rings. The van der Waals surface area contributed by atoms with E-state index in [2.05, 4.69) is 37.1 Å². The zero-order valence-electron chi connectivity index (χ0n) is 17.2. The molecule has 0 saturated carbocycles. The Morgan fingerprint density at radius 1 is 1.14 bits per heavy atom. The number of aromatic nitrogens is 1. The highest BCUT2D eigenvalue weighted by Crippen LogP contribution is 2.35. The second kappa shape index (κ2) is 9.21. The maximum absolute atomic E-state index is 14.7. The first-order valence-electron chi connectivity index (χ1n) is 10.2. The van der Waals surface area contributed by atoms with Gasteiger partial charge in [-0.05, 0) is 41.5 Å². The van der Waals surface area contributed by atoms with Crippen LogP contribution in [-0.4, -0.2) is 17.4 Å². The molecule has 1 aromatic heterocycles. The molecule has 2 aromatic carbocycles. The number of aromatic amines is 1. The van der Waals surface area contributed by atoms with Crippen LogP contribution in [0.1, 0.15) is 56.2 Å². The molecule has 5 heteroatoms. The van der Waals surface area contributed by atoms with Gasteiger partial charge in [-0.25, -0.2) is 8.78 Å². The predicted molar refractivity (Wildman–Crippen MR) is 113 cm³/mol. The minimum absolute atomic E-state index is 0.101. The monoisotopic (exact) mass is 398 g/mol. The van der Waals surface area contributed by atoms with Crippen molar-refractivity contribution >= 4 is 16.8 Å². The highest BCUT2D eigenvalue weighted by atomic mass is 19.1. The fraction of sp³-hybridized carbons (Fsp3) is 0.375. The lowest BCUT2D eigenvalue weighted by Crippen LogP contribution is -2.27. The van der Waals surface area contributed by atoms with E-state index < -0.39 is 17.6 Å². The lowest BCUT2D eigenvalue weighted by molar-refractivity contribution is -0.121. The van der Waals surface area contributed by atoms with E-state index in [1.807, 2.05) is 18.3 Å². The summed E-state index contributed by atoms with van der Waals surface area (Å²) in [6.07, 6.45) is 3.69. The number of nitrogens with one attached hydrogen (secondary N) is 2. The van der Waals surface area contributed by atoms with Crippen LogP contribution in [0, 0.1) is 17.6 Å². The average molecular weight is 398 g/mol. The molecule has 3 aromatic rings. The van der Waals surface area contributed by atoms with Crippen LogP contribution in [0.15, 0.2) is 42.6 Å². The Morgan fingerprint density at radius 2 is 1.93 bits per heavy atom. The van der Waals surface area contributed by atoms with E-state index in [1.165, 1.54) is 12.1 Å². The van der Waals surface area contributed by atoms with E-state index in [-0.39, 0.29) is 12.3 Å². The lowest BCUT2D eigenvalue weighted by Gasteiger charge is -2.18. The highest BCUT2D eigenvalue weighted by Gasteiger charge is 2.24. The van der Waals surface area contributed by atoms with Crippen LogP contribution in [0.3, 0.4) is 0 Å². The lowest BCUT2D eigenvalue weighted by atomic mass is 9.87. The van der Waals surface area contributed by atoms with E-state index in [1.54, 1.807) is 0 Å². The summed E-state index contributed by atoms with van der Waals surface area (Å²) in [5.74, 6) is -1.41. The maximum Gasteiger partial charge on any atom is 0.220 e. The number of hydrogen-bond donors (Lipinski definition) is 2.